The number of amides is 1. The average Bonchev–Trinajstić information content (AvgIpc) is 3.34. The van der Waals surface area contributed by atoms with E-state index in [1.54, 1.807) is 6.20 Å². The molecule has 1 aliphatic heterocycles. The highest BCUT2D eigenvalue weighted by atomic mass is 32.2. The molecule has 0 aliphatic carbocycles. The lowest BCUT2D eigenvalue weighted by molar-refractivity contribution is 0.0792. The number of ketones is 1. The monoisotopic (exact) mass is 393 g/mol. The third-order valence-corrected chi connectivity index (χ3v) is 6.23. The zero-order chi connectivity index (χ0) is 19.7. The number of hydrogen-bond acceptors (Lipinski definition) is 4. The van der Waals surface area contributed by atoms with Crippen LogP contribution in [0.1, 0.15) is 46.2 Å². The lowest BCUT2D eigenvalue weighted by atomic mass is 10.1. The largest absolute Gasteiger partial charge is 0.358 e. The molecule has 3 heterocycles. The number of aromatic nitrogens is 2. The Hall–Kier alpha value is -2.60. The van der Waals surface area contributed by atoms with Crippen molar-refractivity contribution in [3.05, 3.63) is 59.4 Å². The second-order valence-electron chi connectivity index (χ2n) is 7.18. The molecule has 0 spiro atoms. The standard InChI is InChI=1S/C22H23N3O2S/c1-14-20(17-7-3-4-8-18(17)24-14)21(26)15(2)28-19-10-9-16(13-23-19)22(27)25-11-5-6-12-25/h3-4,7-10,13,15,24H,5-6,11-12H2,1-2H3. The Morgan fingerprint density at radius 2 is 1.89 bits per heavy atom. The Balaban J connectivity index is 1.48. The van der Waals surface area contributed by atoms with Gasteiger partial charge in [0, 0.05) is 41.4 Å². The fourth-order valence-electron chi connectivity index (χ4n) is 3.71. The minimum atomic E-state index is -0.273. The summed E-state index contributed by atoms with van der Waals surface area (Å²) in [7, 11) is 0. The van der Waals surface area contributed by atoms with Gasteiger partial charge in [0.25, 0.3) is 5.91 Å². The number of likely N-dealkylation sites (tertiary alicyclic amines) is 1. The van der Waals surface area contributed by atoms with Gasteiger partial charge in [0.05, 0.1) is 15.8 Å². The fourth-order valence-corrected chi connectivity index (χ4v) is 4.56. The van der Waals surface area contributed by atoms with Crippen molar-refractivity contribution in [1.82, 2.24) is 14.9 Å². The second kappa shape index (κ2) is 7.80. The summed E-state index contributed by atoms with van der Waals surface area (Å²) in [5.41, 5.74) is 3.22. The summed E-state index contributed by atoms with van der Waals surface area (Å²) in [6, 6.07) is 11.5. The molecule has 0 radical (unpaired) electrons. The highest BCUT2D eigenvalue weighted by Crippen LogP contribution is 2.29. The van der Waals surface area contributed by atoms with E-state index in [1.165, 1.54) is 11.8 Å². The van der Waals surface area contributed by atoms with E-state index in [0.29, 0.717) is 5.56 Å². The highest BCUT2D eigenvalue weighted by Gasteiger charge is 2.23. The first-order valence-corrected chi connectivity index (χ1v) is 10.5. The second-order valence-corrected chi connectivity index (χ2v) is 8.54. The number of thioether (sulfide) groups is 1. The molecule has 1 aliphatic rings. The van der Waals surface area contributed by atoms with Gasteiger partial charge < -0.3 is 9.88 Å². The van der Waals surface area contributed by atoms with E-state index in [4.69, 9.17) is 0 Å². The van der Waals surface area contributed by atoms with E-state index in [0.717, 1.165) is 53.1 Å². The number of carbonyl (C=O) groups excluding carboxylic acids is 2. The van der Waals surface area contributed by atoms with Crippen LogP contribution < -0.4 is 0 Å². The topological polar surface area (TPSA) is 66.1 Å². The van der Waals surface area contributed by atoms with Crippen molar-refractivity contribution in [2.75, 3.05) is 13.1 Å². The molecule has 1 amide bonds. The molecule has 0 bridgehead atoms. The quantitative estimate of drug-likeness (QED) is 0.513. The molecule has 0 saturated carbocycles. The molecule has 1 fully saturated rings. The zero-order valence-electron chi connectivity index (χ0n) is 16.1. The maximum absolute atomic E-state index is 13.1. The summed E-state index contributed by atoms with van der Waals surface area (Å²) in [5.74, 6) is 0.124. The lowest BCUT2D eigenvalue weighted by Crippen LogP contribution is -2.27. The average molecular weight is 394 g/mol. The number of para-hydroxylation sites is 1. The summed E-state index contributed by atoms with van der Waals surface area (Å²) in [5, 5.41) is 1.43. The molecule has 28 heavy (non-hydrogen) atoms. The molecular formula is C22H23N3O2S. The summed E-state index contributed by atoms with van der Waals surface area (Å²) in [6.07, 6.45) is 3.76. The number of nitrogens with zero attached hydrogens (tertiary/aromatic N) is 2. The minimum absolute atomic E-state index is 0.0418. The van der Waals surface area contributed by atoms with E-state index >= 15 is 0 Å². The summed E-state index contributed by atoms with van der Waals surface area (Å²) >= 11 is 1.42. The first-order valence-electron chi connectivity index (χ1n) is 9.58. The van der Waals surface area contributed by atoms with Gasteiger partial charge in [-0.15, -0.1) is 0 Å². The Morgan fingerprint density at radius 3 is 2.61 bits per heavy atom. The summed E-state index contributed by atoms with van der Waals surface area (Å²) in [6.45, 7) is 5.48. The molecule has 1 atom stereocenters. The Labute approximate surface area is 168 Å². The number of H-pyrrole nitrogens is 1. The van der Waals surface area contributed by atoms with E-state index in [-0.39, 0.29) is 16.9 Å². The minimum Gasteiger partial charge on any atom is -0.358 e. The van der Waals surface area contributed by atoms with Crippen LogP contribution in [0.3, 0.4) is 0 Å². The molecule has 3 aromatic rings. The van der Waals surface area contributed by atoms with Crippen molar-refractivity contribution < 1.29 is 9.59 Å². The van der Waals surface area contributed by atoms with Crippen LogP contribution in [0.15, 0.2) is 47.6 Å². The third kappa shape index (κ3) is 3.56. The molecule has 5 nitrogen and oxygen atoms in total. The van der Waals surface area contributed by atoms with Crippen LogP contribution in [0.5, 0.6) is 0 Å². The summed E-state index contributed by atoms with van der Waals surface area (Å²) in [4.78, 5) is 35.1. The first kappa shape index (κ1) is 18.7. The van der Waals surface area contributed by atoms with Gasteiger partial charge in [0.2, 0.25) is 0 Å². The number of nitrogens with one attached hydrogen (secondary N) is 1. The normalized spacial score (nSPS) is 15.1. The number of aryl methyl sites for hydroxylation is 1. The predicted octanol–water partition coefficient (Wildman–Crippen LogP) is 4.47. The van der Waals surface area contributed by atoms with Gasteiger partial charge >= 0.3 is 0 Å². The van der Waals surface area contributed by atoms with E-state index in [2.05, 4.69) is 9.97 Å². The molecule has 1 unspecified atom stereocenters. The van der Waals surface area contributed by atoms with Crippen LogP contribution in [0.4, 0.5) is 0 Å². The molecule has 6 heteroatoms. The van der Waals surface area contributed by atoms with Crippen LogP contribution in [0.25, 0.3) is 10.9 Å². The SMILES string of the molecule is Cc1[nH]c2ccccc2c1C(=O)C(C)Sc1ccc(C(=O)N2CCCC2)cn1. The molecule has 2 aromatic heterocycles. The number of aromatic amines is 1. The van der Waals surface area contributed by atoms with Crippen molar-refractivity contribution in [2.24, 2.45) is 0 Å². The van der Waals surface area contributed by atoms with Gasteiger partial charge in [0.1, 0.15) is 0 Å². The first-order chi connectivity index (χ1) is 13.5. The molecule has 144 valence electrons. The maximum Gasteiger partial charge on any atom is 0.255 e. The third-order valence-electron chi connectivity index (χ3n) is 5.18. The predicted molar refractivity (Wildman–Crippen MR) is 112 cm³/mol. The number of rotatable bonds is 5. The lowest BCUT2D eigenvalue weighted by Gasteiger charge is -2.15. The van der Waals surface area contributed by atoms with Crippen LogP contribution in [0, 0.1) is 6.92 Å². The number of carbonyl (C=O) groups is 2. The number of hydrogen-bond donors (Lipinski definition) is 1. The van der Waals surface area contributed by atoms with Crippen molar-refractivity contribution in [3.63, 3.8) is 0 Å². The van der Waals surface area contributed by atoms with Crippen LogP contribution in [-0.4, -0.2) is 44.9 Å². The van der Waals surface area contributed by atoms with Crippen LogP contribution in [0.2, 0.25) is 0 Å². The molecular weight excluding hydrogens is 370 g/mol. The van der Waals surface area contributed by atoms with E-state index in [1.807, 2.05) is 55.1 Å². The smallest absolute Gasteiger partial charge is 0.255 e. The van der Waals surface area contributed by atoms with Crippen LogP contribution >= 0.6 is 11.8 Å². The molecule has 1 aromatic carbocycles. The molecule has 4 rings (SSSR count). The van der Waals surface area contributed by atoms with Gasteiger partial charge in [0.15, 0.2) is 5.78 Å². The van der Waals surface area contributed by atoms with Gasteiger partial charge in [-0.3, -0.25) is 9.59 Å². The van der Waals surface area contributed by atoms with Gasteiger partial charge in [-0.1, -0.05) is 30.0 Å². The number of fused-ring (bicyclic) bond motifs is 1. The van der Waals surface area contributed by atoms with Gasteiger partial charge in [-0.25, -0.2) is 4.98 Å². The fraction of sp³-hybridized carbons (Fsp3) is 0.318. The maximum atomic E-state index is 13.1. The summed E-state index contributed by atoms with van der Waals surface area (Å²) < 4.78 is 0. The Bertz CT molecular complexity index is 1020. The number of benzene rings is 1. The zero-order valence-corrected chi connectivity index (χ0v) is 16.9. The van der Waals surface area contributed by atoms with Crippen molar-refractivity contribution in [2.45, 2.75) is 37.0 Å². The number of pyridine rings is 1. The van der Waals surface area contributed by atoms with Crippen LogP contribution in [-0.2, 0) is 0 Å². The van der Waals surface area contributed by atoms with E-state index < -0.39 is 0 Å². The van der Waals surface area contributed by atoms with Crippen molar-refractivity contribution in [1.29, 1.82) is 0 Å². The van der Waals surface area contributed by atoms with Gasteiger partial charge in [-0.2, -0.15) is 0 Å². The van der Waals surface area contributed by atoms with Crippen molar-refractivity contribution >= 4 is 34.4 Å². The highest BCUT2D eigenvalue weighted by molar-refractivity contribution is 8.00. The molecule has 1 saturated heterocycles. The Kier molecular flexibility index (Phi) is 5.22. The van der Waals surface area contributed by atoms with E-state index in [9.17, 15) is 9.59 Å². The molecule has 1 N–H and O–H groups in total. The van der Waals surface area contributed by atoms with Gasteiger partial charge in [-0.05, 0) is 44.9 Å². The number of Topliss-reactive ketones (excluding diaryl/α,β-unsaturated/α-hetero) is 1. The van der Waals surface area contributed by atoms with Crippen molar-refractivity contribution in [3.8, 4) is 0 Å². The Morgan fingerprint density at radius 1 is 1.14 bits per heavy atom.